The Morgan fingerprint density at radius 1 is 0.614 bits per heavy atom. The second-order valence-electron chi connectivity index (χ2n) is 23.8. The topological polar surface area (TPSA) is 574 Å². The van der Waals surface area contributed by atoms with Gasteiger partial charge in [-0.3, -0.25) is 71.9 Å². The monoisotopic (exact) mass is 1530 g/mol. The predicted octanol–water partition coefficient (Wildman–Crippen LogP) is -5.34. The summed E-state index contributed by atoms with van der Waals surface area (Å²) in [6.07, 6.45) is -1.38. The van der Waals surface area contributed by atoms with E-state index in [9.17, 15) is 92.7 Å². The number of allylic oxidation sites excluding steroid dienone is 3. The Labute approximate surface area is 601 Å². The molecule has 14 amide bonds. The fraction of sp³-hybridized carbons (Fsp3) is 0.559. The highest BCUT2D eigenvalue weighted by molar-refractivity contribution is 8.77. The van der Waals surface area contributed by atoms with E-state index in [1.807, 2.05) is 0 Å². The summed E-state index contributed by atoms with van der Waals surface area (Å²) in [7, 11) is 4.77. The molecule has 0 aromatic heterocycles. The van der Waals surface area contributed by atoms with Gasteiger partial charge >= 0.3 is 11.9 Å². The number of primary amides is 1. The maximum Gasteiger partial charge on any atom is 0.326 e. The van der Waals surface area contributed by atoms with E-state index in [1.165, 1.54) is 43.3 Å². The Morgan fingerprint density at radius 3 is 1.72 bits per heavy atom. The first-order chi connectivity index (χ1) is 47.9. The number of amides is 14. The maximum atomic E-state index is 15.1. The molecule has 0 spiro atoms. The van der Waals surface area contributed by atoms with Crippen molar-refractivity contribution in [2.24, 2.45) is 11.5 Å². The lowest BCUT2D eigenvalue weighted by Gasteiger charge is -2.30. The normalized spacial score (nSPS) is 28.2. The Balaban J connectivity index is 1.55. The van der Waals surface area contributed by atoms with Crippen molar-refractivity contribution in [2.75, 3.05) is 47.6 Å². The number of aliphatic hydroxyl groups excluding tert-OH is 2. The zero-order chi connectivity index (χ0) is 74.2. The van der Waals surface area contributed by atoms with Gasteiger partial charge in [0.2, 0.25) is 82.7 Å². The highest BCUT2D eigenvalue weighted by Crippen LogP contribution is 2.28. The fourth-order valence-corrected chi connectivity index (χ4v) is 17.2. The lowest BCUT2D eigenvalue weighted by Crippen LogP contribution is -2.61. The third kappa shape index (κ3) is 26.0. The van der Waals surface area contributed by atoms with Gasteiger partial charge < -0.3 is 106 Å². The number of phenols is 1. The van der Waals surface area contributed by atoms with Crippen molar-refractivity contribution in [3.05, 3.63) is 53.3 Å². The molecule has 42 heteroatoms. The van der Waals surface area contributed by atoms with Crippen molar-refractivity contribution in [1.29, 1.82) is 0 Å². The lowest BCUT2D eigenvalue weighted by atomic mass is 9.97. The molecule has 36 nitrogen and oxygen atoms in total. The summed E-state index contributed by atoms with van der Waals surface area (Å²) < 4.78 is 0. The molecule has 1 aliphatic carbocycles. The maximum absolute atomic E-state index is 15.1. The van der Waals surface area contributed by atoms with E-state index in [2.05, 4.69) is 63.8 Å². The number of aromatic hydroxyl groups is 1. The van der Waals surface area contributed by atoms with E-state index in [4.69, 9.17) is 11.5 Å². The number of nitrogens with zero attached hydrogens (tertiary/aromatic N) is 1. The van der Waals surface area contributed by atoms with Crippen molar-refractivity contribution < 1.29 is 102 Å². The number of aliphatic hydroxyl groups is 2. The number of nitrogens with two attached hydrogens (primary N) is 2. The number of aliphatic carboxylic acids is 2. The number of hydrogen-bond acceptors (Lipinski definition) is 26. The molecule has 4 saturated heterocycles. The van der Waals surface area contributed by atoms with E-state index in [1.54, 1.807) is 0 Å². The summed E-state index contributed by atoms with van der Waals surface area (Å²) >= 11 is 0. The number of fused-ring (bicyclic) bond motifs is 20. The first-order valence-electron chi connectivity index (χ1n) is 31.5. The van der Waals surface area contributed by atoms with E-state index >= 15 is 9.59 Å². The van der Waals surface area contributed by atoms with Crippen LogP contribution in [0.15, 0.2) is 47.7 Å². The van der Waals surface area contributed by atoms with Crippen molar-refractivity contribution >= 4 is 159 Å². The molecule has 4 aliphatic heterocycles. The minimum Gasteiger partial charge on any atom is -0.512 e. The molecule has 0 radical (unpaired) electrons. The standard InChI is InChI=1S/C59H81N15O21S6/c1-26-47(82)69-41-25-101-99-22-38-52(87)65-33(13-14-45(80)81)49(84)66-34(16-28-5-9-30(76)10-6-28)50(85)71-40(54(89)72-39(23-97-96-20-32(60)48(83)70-38)53(88)67-35(18-43(61)78)58(93)74-15-3-4-42(74)56(91)63-26)24-100-98-21-37(64-44(79)19-62-57(92)46(27(2)75)73-55(41)90)51(86)68-36(59(94)95)17-29-7-11-31(77)12-8-29/h5-7,9-11,26-27,32-42,46,75-77H,3-4,8,12-25,60H2,1-2H3,(H2,61,78)(H,62,92)(H,63,91)(H,64,79)(H,65,87)(H,66,84)(H,67,88)(H,68,86)(H,69,82)(H,70,83)(H,71,85)(H,72,89)(H,73,90)(H,80,81)(H,94,95)/t26-,27-,32+,33+,34-,35-,36-,37-,38-,39-,40-,41-,42-,46?/m0/s1. The summed E-state index contributed by atoms with van der Waals surface area (Å²) in [6, 6.07) is -16.9. The summed E-state index contributed by atoms with van der Waals surface area (Å²) in [5.41, 5.74) is 12.8. The average Bonchev–Trinajstić information content (AvgIpc) is 1.75. The zero-order valence-corrected chi connectivity index (χ0v) is 59.3. The summed E-state index contributed by atoms with van der Waals surface area (Å²) in [6.45, 7) is 1.20. The Morgan fingerprint density at radius 2 is 1.15 bits per heavy atom. The molecule has 554 valence electrons. The Hall–Kier alpha value is -8.16. The molecule has 1 unspecified atom stereocenters. The number of rotatable bonds is 13. The number of phenolic OH excluding ortho intramolecular Hbond substituents is 1. The van der Waals surface area contributed by atoms with E-state index in [0.717, 1.165) is 76.6 Å². The third-order valence-electron chi connectivity index (χ3n) is 15.9. The number of hydrogen-bond donors (Lipinski definition) is 19. The fourth-order valence-electron chi connectivity index (χ4n) is 10.3. The molecule has 4 bridgehead atoms. The molecule has 6 rings (SSSR count). The van der Waals surface area contributed by atoms with E-state index in [0.29, 0.717) is 5.57 Å². The zero-order valence-electron chi connectivity index (χ0n) is 54.4. The van der Waals surface area contributed by atoms with Crippen LogP contribution in [-0.4, -0.2) is 257 Å². The summed E-state index contributed by atoms with van der Waals surface area (Å²) in [5, 5.41) is 80.6. The van der Waals surface area contributed by atoms with Crippen LogP contribution in [0.1, 0.15) is 70.8 Å². The molecular weight excluding hydrogens is 1450 g/mol. The molecule has 1 aromatic rings. The quantitative estimate of drug-likeness (QED) is 0.0648. The van der Waals surface area contributed by atoms with E-state index < -0.39 is 240 Å². The van der Waals surface area contributed by atoms with Gasteiger partial charge in [0, 0.05) is 60.3 Å². The Bertz CT molecular complexity index is 3360. The number of carbonyl (C=O) groups excluding carboxylic acids is 14. The van der Waals surface area contributed by atoms with Crippen LogP contribution in [0.25, 0.3) is 0 Å². The average molecular weight is 1530 g/mol. The predicted molar refractivity (Wildman–Crippen MR) is 372 cm³/mol. The minimum absolute atomic E-state index is 0.00739. The largest absolute Gasteiger partial charge is 0.512 e. The highest BCUT2D eigenvalue weighted by Gasteiger charge is 2.42. The van der Waals surface area contributed by atoms with Crippen LogP contribution < -0.4 is 75.3 Å². The number of carboxylic acids is 2. The number of carboxylic acid groups (broad SMARTS) is 2. The smallest absolute Gasteiger partial charge is 0.326 e. The number of nitrogens with one attached hydrogen (secondary N) is 12. The van der Waals surface area contributed by atoms with Crippen molar-refractivity contribution in [3.8, 4) is 5.75 Å². The van der Waals surface area contributed by atoms with Crippen LogP contribution in [0.4, 0.5) is 0 Å². The molecular formula is C59H81N15O21S6. The van der Waals surface area contributed by atoms with Gasteiger partial charge in [-0.15, -0.1) is 0 Å². The first kappa shape index (κ1) is 81.8. The van der Waals surface area contributed by atoms with Gasteiger partial charge in [-0.25, -0.2) is 4.79 Å². The van der Waals surface area contributed by atoms with Gasteiger partial charge in [-0.2, -0.15) is 0 Å². The molecule has 5 aliphatic rings. The van der Waals surface area contributed by atoms with Gasteiger partial charge in [-0.05, 0) is 69.7 Å². The summed E-state index contributed by atoms with van der Waals surface area (Å²) in [5.74, 6) is -21.4. The molecule has 21 N–H and O–H groups in total. The van der Waals surface area contributed by atoms with Crippen LogP contribution in [0.3, 0.4) is 0 Å². The molecule has 14 atom stereocenters. The van der Waals surface area contributed by atoms with Gasteiger partial charge in [0.25, 0.3) is 0 Å². The molecule has 1 aromatic carbocycles. The van der Waals surface area contributed by atoms with E-state index in [-0.39, 0.29) is 61.5 Å². The van der Waals surface area contributed by atoms with Crippen molar-refractivity contribution in [3.63, 3.8) is 0 Å². The molecule has 4 fully saturated rings. The van der Waals surface area contributed by atoms with Crippen LogP contribution in [-0.2, 0) is 83.1 Å². The van der Waals surface area contributed by atoms with Crippen LogP contribution >= 0.6 is 64.8 Å². The highest BCUT2D eigenvalue weighted by atomic mass is 33.1. The van der Waals surface area contributed by atoms with Crippen molar-refractivity contribution in [1.82, 2.24) is 68.7 Å². The first-order valence-corrected chi connectivity index (χ1v) is 39.0. The second kappa shape index (κ2) is 39.9. The van der Waals surface area contributed by atoms with Gasteiger partial charge in [-0.1, -0.05) is 88.5 Å². The minimum atomic E-state index is -1.92. The van der Waals surface area contributed by atoms with Gasteiger partial charge in [0.1, 0.15) is 78.3 Å². The van der Waals surface area contributed by atoms with Crippen LogP contribution in [0.2, 0.25) is 0 Å². The van der Waals surface area contributed by atoms with Crippen LogP contribution in [0, 0.1) is 0 Å². The number of benzene rings is 1. The van der Waals surface area contributed by atoms with Crippen LogP contribution in [0.5, 0.6) is 5.75 Å². The SMILES string of the molecule is C[C@@H]1NC(=O)[C@@H]2CCCN2C(=O)[C@H](CC(N)=O)NC(=O)[C@@H]2CSSC[C@@H](N)C(=O)N[C@H]3CSSC[C@H](NC1=O)C(=O)NC([C@H](C)O)C(=O)NCC(=O)N[C@H](C(=O)N[C@@H](CC1=CC=C(O)CC1)C(=O)O)CSSC[C@H](NC(=O)[C@H](Cc1ccc(O)cc1)NC(=O)[C@@H](CCC(=O)O)NC3=O)C(=O)N2. The number of carbonyl (C=O) groups is 16. The second-order valence-corrected chi connectivity index (χ2v) is 31.4. The molecule has 0 saturated carbocycles. The molecule has 101 heavy (non-hydrogen) atoms. The Kier molecular flexibility index (Phi) is 32.3. The van der Waals surface area contributed by atoms with Crippen molar-refractivity contribution in [2.45, 2.75) is 156 Å². The summed E-state index contributed by atoms with van der Waals surface area (Å²) in [4.78, 5) is 227. The third-order valence-corrected chi connectivity index (χ3v) is 23.2. The molecule has 4 heterocycles. The van der Waals surface area contributed by atoms with Gasteiger partial charge in [0.05, 0.1) is 30.9 Å². The lowest BCUT2D eigenvalue weighted by molar-refractivity contribution is -0.143. The van der Waals surface area contributed by atoms with Gasteiger partial charge in [0.15, 0.2) is 0 Å².